The number of hydrogen-bond donors (Lipinski definition) is 1. The Kier molecular flexibility index (Phi) is 4.78. The number of fused-ring (bicyclic) bond motifs is 1. The van der Waals surface area contributed by atoms with E-state index in [1.165, 1.54) is 4.90 Å². The predicted molar refractivity (Wildman–Crippen MR) is 68.5 cm³/mol. The van der Waals surface area contributed by atoms with Crippen LogP contribution < -0.4 is 0 Å². The summed E-state index contributed by atoms with van der Waals surface area (Å²) >= 11 is 0. The van der Waals surface area contributed by atoms with Crippen LogP contribution in [0, 0.1) is 5.92 Å². The maximum absolute atomic E-state index is 12.3. The van der Waals surface area contributed by atoms with Crippen molar-refractivity contribution in [3.05, 3.63) is 0 Å². The van der Waals surface area contributed by atoms with Gasteiger partial charge in [-0.1, -0.05) is 12.8 Å². The van der Waals surface area contributed by atoms with Crippen molar-refractivity contribution in [2.75, 3.05) is 0 Å². The molecule has 0 spiro atoms. The minimum atomic E-state index is -4.39. The molecule has 0 radical (unpaired) electrons. The Morgan fingerprint density at radius 3 is 2.38 bits per heavy atom. The van der Waals surface area contributed by atoms with Crippen LogP contribution in [-0.4, -0.2) is 40.1 Å². The van der Waals surface area contributed by atoms with Gasteiger partial charge in [-0.15, -0.1) is 0 Å². The number of carbonyl (C=O) groups excluding carboxylic acids is 1. The molecule has 120 valence electrons. The highest BCUT2D eigenvalue weighted by Crippen LogP contribution is 2.38. The van der Waals surface area contributed by atoms with Gasteiger partial charge in [-0.3, -0.25) is 4.79 Å². The second-order valence-corrected chi connectivity index (χ2v) is 5.96. The monoisotopic (exact) mass is 307 g/mol. The lowest BCUT2D eigenvalue weighted by Crippen LogP contribution is -2.57. The zero-order chi connectivity index (χ0) is 15.6. The van der Waals surface area contributed by atoms with Crippen LogP contribution in [0.4, 0.5) is 13.2 Å². The number of likely N-dealkylation sites (tertiary alicyclic amines) is 1. The maximum atomic E-state index is 12.3. The second-order valence-electron chi connectivity index (χ2n) is 5.96. The van der Waals surface area contributed by atoms with Gasteiger partial charge in [0.05, 0.1) is 6.42 Å². The molecule has 0 aromatic carbocycles. The fourth-order valence-corrected chi connectivity index (χ4v) is 3.61. The molecule has 1 saturated heterocycles. The first-order valence-electron chi connectivity index (χ1n) is 7.40. The molecule has 3 atom stereocenters. The lowest BCUT2D eigenvalue weighted by molar-refractivity contribution is -0.163. The summed E-state index contributed by atoms with van der Waals surface area (Å²) in [6.45, 7) is 0. The van der Waals surface area contributed by atoms with Crippen LogP contribution in [0.5, 0.6) is 0 Å². The molecule has 0 aromatic heterocycles. The van der Waals surface area contributed by atoms with E-state index in [1.807, 2.05) is 0 Å². The zero-order valence-corrected chi connectivity index (χ0v) is 11.7. The molecular formula is C14H20F3NO3. The number of rotatable bonds is 3. The molecule has 3 unspecified atom stereocenters. The van der Waals surface area contributed by atoms with E-state index >= 15 is 0 Å². The van der Waals surface area contributed by atoms with E-state index in [0.29, 0.717) is 12.8 Å². The number of carboxylic acids is 1. The Morgan fingerprint density at radius 1 is 1.10 bits per heavy atom. The Bertz CT molecular complexity index is 411. The topological polar surface area (TPSA) is 57.6 Å². The summed E-state index contributed by atoms with van der Waals surface area (Å²) in [4.78, 5) is 24.8. The summed E-state index contributed by atoms with van der Waals surface area (Å²) in [5.74, 6) is -1.54. The van der Waals surface area contributed by atoms with Gasteiger partial charge in [0, 0.05) is 12.5 Å². The molecule has 2 aliphatic rings. The molecule has 1 aliphatic carbocycles. The zero-order valence-electron chi connectivity index (χ0n) is 11.7. The van der Waals surface area contributed by atoms with Gasteiger partial charge in [0.25, 0.3) is 0 Å². The van der Waals surface area contributed by atoms with Crippen LogP contribution in [0.1, 0.15) is 51.4 Å². The molecule has 0 aromatic rings. The third-order valence-corrected chi connectivity index (χ3v) is 4.57. The average molecular weight is 307 g/mol. The summed E-state index contributed by atoms with van der Waals surface area (Å²) in [7, 11) is 0. The molecule has 1 aliphatic heterocycles. The van der Waals surface area contributed by atoms with Crippen molar-refractivity contribution in [1.82, 2.24) is 4.90 Å². The smallest absolute Gasteiger partial charge is 0.389 e. The van der Waals surface area contributed by atoms with Crippen LogP contribution >= 0.6 is 0 Å². The predicted octanol–water partition coefficient (Wildman–Crippen LogP) is 2.96. The normalized spacial score (nSPS) is 29.9. The largest absolute Gasteiger partial charge is 0.480 e. The van der Waals surface area contributed by atoms with Crippen LogP contribution in [0.2, 0.25) is 0 Å². The number of carboxylic acid groups (broad SMARTS) is 1. The molecule has 1 N–H and O–H groups in total. The van der Waals surface area contributed by atoms with Crippen molar-refractivity contribution in [1.29, 1.82) is 0 Å². The third kappa shape index (κ3) is 3.89. The van der Waals surface area contributed by atoms with Gasteiger partial charge in [-0.05, 0) is 31.6 Å². The highest BCUT2D eigenvalue weighted by Gasteiger charge is 2.44. The van der Waals surface area contributed by atoms with Gasteiger partial charge >= 0.3 is 12.1 Å². The molecule has 0 bridgehead atoms. The molecular weight excluding hydrogens is 287 g/mol. The average Bonchev–Trinajstić information content (AvgIpc) is 2.42. The first kappa shape index (κ1) is 16.1. The molecule has 1 amide bonds. The summed E-state index contributed by atoms with van der Waals surface area (Å²) in [6, 6.07) is -1.17. The summed E-state index contributed by atoms with van der Waals surface area (Å²) in [6.07, 6.45) is -1.58. The summed E-state index contributed by atoms with van der Waals surface area (Å²) < 4.78 is 36.9. The van der Waals surface area contributed by atoms with Crippen LogP contribution in [0.15, 0.2) is 0 Å². The number of halogens is 3. The SMILES string of the molecule is O=C(O)C1CCC2CCCCC2N1C(=O)CCC(F)(F)F. The van der Waals surface area contributed by atoms with E-state index in [-0.39, 0.29) is 12.0 Å². The van der Waals surface area contributed by atoms with E-state index in [1.54, 1.807) is 0 Å². The van der Waals surface area contributed by atoms with Crippen molar-refractivity contribution in [3.8, 4) is 0 Å². The molecule has 4 nitrogen and oxygen atoms in total. The quantitative estimate of drug-likeness (QED) is 0.872. The van der Waals surface area contributed by atoms with E-state index in [9.17, 15) is 27.9 Å². The highest BCUT2D eigenvalue weighted by atomic mass is 19.4. The van der Waals surface area contributed by atoms with Crippen molar-refractivity contribution < 1.29 is 27.9 Å². The molecule has 21 heavy (non-hydrogen) atoms. The van der Waals surface area contributed by atoms with Gasteiger partial charge in [0.15, 0.2) is 0 Å². The van der Waals surface area contributed by atoms with Crippen molar-refractivity contribution in [2.24, 2.45) is 5.92 Å². The highest BCUT2D eigenvalue weighted by molar-refractivity contribution is 5.84. The molecule has 1 saturated carbocycles. The molecule has 2 rings (SSSR count). The van der Waals surface area contributed by atoms with E-state index in [0.717, 1.165) is 25.7 Å². The molecule has 7 heteroatoms. The minimum absolute atomic E-state index is 0.200. The number of hydrogen-bond acceptors (Lipinski definition) is 2. The number of alkyl halides is 3. The first-order valence-corrected chi connectivity index (χ1v) is 7.40. The van der Waals surface area contributed by atoms with Crippen molar-refractivity contribution >= 4 is 11.9 Å². The fourth-order valence-electron chi connectivity index (χ4n) is 3.61. The Hall–Kier alpha value is -1.27. The second kappa shape index (κ2) is 6.23. The first-order chi connectivity index (χ1) is 9.79. The Morgan fingerprint density at radius 2 is 1.76 bits per heavy atom. The lowest BCUT2D eigenvalue weighted by atomic mass is 9.76. The Labute approximate surface area is 121 Å². The van der Waals surface area contributed by atoms with Gasteiger partial charge in [-0.25, -0.2) is 4.79 Å². The fraction of sp³-hybridized carbons (Fsp3) is 0.857. The van der Waals surface area contributed by atoms with Crippen LogP contribution in [-0.2, 0) is 9.59 Å². The Balaban J connectivity index is 2.12. The number of piperidine rings is 1. The van der Waals surface area contributed by atoms with Crippen molar-refractivity contribution in [3.63, 3.8) is 0 Å². The standard InChI is InChI=1S/C14H20F3NO3/c15-14(16,17)8-7-12(19)18-10-4-2-1-3-9(10)5-6-11(18)13(20)21/h9-11H,1-8H2,(H,20,21). The number of aliphatic carboxylic acids is 1. The van der Waals surface area contributed by atoms with Gasteiger partial charge < -0.3 is 10.0 Å². The number of amides is 1. The van der Waals surface area contributed by atoms with Crippen LogP contribution in [0.25, 0.3) is 0 Å². The van der Waals surface area contributed by atoms with Crippen LogP contribution in [0.3, 0.4) is 0 Å². The molecule has 2 fully saturated rings. The maximum Gasteiger partial charge on any atom is 0.389 e. The van der Waals surface area contributed by atoms with Gasteiger partial charge in [-0.2, -0.15) is 13.2 Å². The summed E-state index contributed by atoms with van der Waals surface area (Å²) in [5.41, 5.74) is 0. The lowest BCUT2D eigenvalue weighted by Gasteiger charge is -2.47. The van der Waals surface area contributed by atoms with E-state index in [4.69, 9.17) is 0 Å². The number of nitrogens with zero attached hydrogens (tertiary/aromatic N) is 1. The van der Waals surface area contributed by atoms with Crippen molar-refractivity contribution in [2.45, 2.75) is 69.6 Å². The van der Waals surface area contributed by atoms with E-state index in [2.05, 4.69) is 0 Å². The molecule has 1 heterocycles. The minimum Gasteiger partial charge on any atom is -0.480 e. The van der Waals surface area contributed by atoms with E-state index < -0.39 is 36.9 Å². The van der Waals surface area contributed by atoms with Gasteiger partial charge in [0.1, 0.15) is 6.04 Å². The summed E-state index contributed by atoms with van der Waals surface area (Å²) in [5, 5.41) is 9.26. The third-order valence-electron chi connectivity index (χ3n) is 4.57. The number of carbonyl (C=O) groups is 2. The van der Waals surface area contributed by atoms with Gasteiger partial charge in [0.2, 0.25) is 5.91 Å².